The molecule has 1 saturated carbocycles. The number of rotatable bonds is 5. The topological polar surface area (TPSA) is 62.1 Å². The fraction of sp³-hybridized carbons (Fsp3) is 0.619. The summed E-state index contributed by atoms with van der Waals surface area (Å²) in [7, 11) is 0. The predicted octanol–water partition coefficient (Wildman–Crippen LogP) is 3.87. The van der Waals surface area contributed by atoms with Crippen molar-refractivity contribution >= 4 is 0 Å². The van der Waals surface area contributed by atoms with Gasteiger partial charge >= 0.3 is 0 Å². The maximum atomic E-state index is 11.2. The van der Waals surface area contributed by atoms with E-state index in [1.54, 1.807) is 6.07 Å². The number of aromatic amines is 1. The van der Waals surface area contributed by atoms with Crippen molar-refractivity contribution in [2.75, 3.05) is 13.1 Å². The van der Waals surface area contributed by atoms with Gasteiger partial charge in [-0.2, -0.15) is 0 Å². The Morgan fingerprint density at radius 2 is 1.92 bits per heavy atom. The fourth-order valence-electron chi connectivity index (χ4n) is 4.47. The number of hydrogen-bond acceptors (Lipinski definition) is 4. The molecule has 2 aromatic heterocycles. The van der Waals surface area contributed by atoms with Crippen molar-refractivity contribution in [3.63, 3.8) is 0 Å². The normalized spacial score (nSPS) is 20.5. The maximum absolute atomic E-state index is 11.2. The van der Waals surface area contributed by atoms with Gasteiger partial charge in [-0.25, -0.2) is 0 Å². The minimum Gasteiger partial charge on any atom is -0.360 e. The molecule has 0 atom stereocenters. The third-order valence-corrected chi connectivity index (χ3v) is 6.06. The molecule has 0 radical (unpaired) electrons. The molecule has 0 aromatic carbocycles. The van der Waals surface area contributed by atoms with Crippen LogP contribution in [0.15, 0.2) is 33.7 Å². The highest BCUT2D eigenvalue weighted by Gasteiger charge is 2.23. The van der Waals surface area contributed by atoms with E-state index in [9.17, 15) is 4.79 Å². The van der Waals surface area contributed by atoms with Crippen LogP contribution in [0.4, 0.5) is 0 Å². The van der Waals surface area contributed by atoms with Gasteiger partial charge in [-0.15, -0.1) is 0 Å². The van der Waals surface area contributed by atoms with Gasteiger partial charge < -0.3 is 9.51 Å². The average molecular weight is 355 g/mol. The second kappa shape index (κ2) is 8.21. The molecule has 3 heterocycles. The molecule has 1 N–H and O–H groups in total. The highest BCUT2D eigenvalue weighted by Crippen LogP contribution is 2.32. The van der Waals surface area contributed by atoms with Crippen molar-refractivity contribution in [1.29, 1.82) is 0 Å². The summed E-state index contributed by atoms with van der Waals surface area (Å²) in [4.78, 5) is 16.4. The molecule has 2 fully saturated rings. The molecule has 0 bridgehead atoms. The Labute approximate surface area is 154 Å². The van der Waals surface area contributed by atoms with Crippen LogP contribution in [0.1, 0.15) is 67.9 Å². The third kappa shape index (κ3) is 4.44. The summed E-state index contributed by atoms with van der Waals surface area (Å²) in [5, 5.41) is 4.35. The zero-order valence-corrected chi connectivity index (χ0v) is 15.5. The number of likely N-dealkylation sites (tertiary alicyclic amines) is 1. The number of nitrogens with zero attached hydrogens (tertiary/aromatic N) is 2. The van der Waals surface area contributed by atoms with Crippen molar-refractivity contribution in [3.8, 4) is 0 Å². The summed E-state index contributed by atoms with van der Waals surface area (Å²) in [5.41, 5.74) is 2.38. The molecule has 1 aliphatic heterocycles. The van der Waals surface area contributed by atoms with Crippen LogP contribution in [0.3, 0.4) is 0 Å². The van der Waals surface area contributed by atoms with Crippen LogP contribution in [0.2, 0.25) is 0 Å². The zero-order chi connectivity index (χ0) is 17.8. The first-order chi connectivity index (χ1) is 12.8. The molecule has 1 aliphatic carbocycles. The standard InChI is InChI=1S/C21H29N3O2/c25-21-7-6-17(14-22-21)12-16-8-10-24(11-9-16)15-19-13-20(23-26-19)18-4-2-1-3-5-18/h6-7,13-14,16,18H,1-5,8-12,15H2,(H,22,25). The van der Waals surface area contributed by atoms with Crippen molar-refractivity contribution < 1.29 is 4.52 Å². The first-order valence-electron chi connectivity index (χ1n) is 10.1. The van der Waals surface area contributed by atoms with E-state index < -0.39 is 0 Å². The molecule has 0 spiro atoms. The van der Waals surface area contributed by atoms with Gasteiger partial charge in [0.05, 0.1) is 12.2 Å². The van der Waals surface area contributed by atoms with Crippen LogP contribution >= 0.6 is 0 Å². The molecule has 4 rings (SSSR count). The largest absolute Gasteiger partial charge is 0.360 e. The lowest BCUT2D eigenvalue weighted by Crippen LogP contribution is -2.33. The highest BCUT2D eigenvalue weighted by atomic mass is 16.5. The summed E-state index contributed by atoms with van der Waals surface area (Å²) < 4.78 is 5.63. The van der Waals surface area contributed by atoms with Crippen LogP contribution in [0.5, 0.6) is 0 Å². The molecule has 0 amide bonds. The van der Waals surface area contributed by atoms with E-state index in [1.165, 1.54) is 56.2 Å². The Bertz CT molecular complexity index is 732. The lowest BCUT2D eigenvalue weighted by molar-refractivity contribution is 0.161. The molecule has 140 valence electrons. The summed E-state index contributed by atoms with van der Waals surface area (Å²) in [6, 6.07) is 5.77. The maximum Gasteiger partial charge on any atom is 0.247 e. The van der Waals surface area contributed by atoms with Crippen LogP contribution in [-0.4, -0.2) is 28.1 Å². The van der Waals surface area contributed by atoms with Crippen molar-refractivity contribution in [1.82, 2.24) is 15.0 Å². The number of nitrogens with one attached hydrogen (secondary N) is 1. The SMILES string of the molecule is O=c1ccc(CC2CCN(Cc3cc(C4CCCCC4)no3)CC2)c[nH]1. The summed E-state index contributed by atoms with van der Waals surface area (Å²) >= 11 is 0. The molecule has 2 aliphatic rings. The number of pyridine rings is 1. The Morgan fingerprint density at radius 3 is 2.65 bits per heavy atom. The number of H-pyrrole nitrogens is 1. The van der Waals surface area contributed by atoms with Gasteiger partial charge in [0.25, 0.3) is 0 Å². The molecule has 2 aromatic rings. The predicted molar refractivity (Wildman–Crippen MR) is 101 cm³/mol. The Kier molecular flexibility index (Phi) is 5.54. The van der Waals surface area contributed by atoms with Crippen LogP contribution in [0.25, 0.3) is 0 Å². The van der Waals surface area contributed by atoms with E-state index in [0.717, 1.165) is 31.8 Å². The Morgan fingerprint density at radius 1 is 1.12 bits per heavy atom. The summed E-state index contributed by atoms with van der Waals surface area (Å²) in [5.74, 6) is 2.33. The van der Waals surface area contributed by atoms with Crippen molar-refractivity contribution in [3.05, 3.63) is 51.8 Å². The lowest BCUT2D eigenvalue weighted by Gasteiger charge is -2.31. The first-order valence-corrected chi connectivity index (χ1v) is 10.1. The van der Waals surface area contributed by atoms with E-state index in [0.29, 0.717) is 11.8 Å². The number of hydrogen-bond donors (Lipinski definition) is 1. The highest BCUT2D eigenvalue weighted by molar-refractivity contribution is 5.12. The summed E-state index contributed by atoms with van der Waals surface area (Å²) in [6.45, 7) is 3.09. The molecular formula is C21H29N3O2. The van der Waals surface area contributed by atoms with Gasteiger partial charge in [0, 0.05) is 24.2 Å². The third-order valence-electron chi connectivity index (χ3n) is 6.06. The lowest BCUT2D eigenvalue weighted by atomic mass is 9.87. The van der Waals surface area contributed by atoms with Gasteiger partial charge in [0.2, 0.25) is 5.56 Å². The van der Waals surface area contributed by atoms with Crippen LogP contribution < -0.4 is 5.56 Å². The molecule has 0 unspecified atom stereocenters. The van der Waals surface area contributed by atoms with Gasteiger partial charge in [0.15, 0.2) is 5.76 Å². The van der Waals surface area contributed by atoms with E-state index in [2.05, 4.69) is 21.1 Å². The molecule has 5 heteroatoms. The Balaban J connectivity index is 1.25. The van der Waals surface area contributed by atoms with E-state index in [4.69, 9.17) is 4.52 Å². The Hall–Kier alpha value is -1.88. The molecule has 5 nitrogen and oxygen atoms in total. The van der Waals surface area contributed by atoms with Crippen molar-refractivity contribution in [2.45, 2.75) is 63.8 Å². The zero-order valence-electron chi connectivity index (χ0n) is 15.5. The second-order valence-electron chi connectivity index (χ2n) is 8.04. The van der Waals surface area contributed by atoms with E-state index in [-0.39, 0.29) is 5.56 Å². The molecular weight excluding hydrogens is 326 g/mol. The fourth-order valence-corrected chi connectivity index (χ4v) is 4.47. The quantitative estimate of drug-likeness (QED) is 0.884. The minimum atomic E-state index is -0.0248. The number of aromatic nitrogens is 2. The van der Waals surface area contributed by atoms with Crippen LogP contribution in [0, 0.1) is 5.92 Å². The van der Waals surface area contributed by atoms with Crippen LogP contribution in [-0.2, 0) is 13.0 Å². The van der Waals surface area contributed by atoms with E-state index in [1.807, 2.05) is 12.3 Å². The van der Waals surface area contributed by atoms with Crippen molar-refractivity contribution in [2.24, 2.45) is 5.92 Å². The average Bonchev–Trinajstić information content (AvgIpc) is 3.14. The number of piperidine rings is 1. The van der Waals surface area contributed by atoms with E-state index >= 15 is 0 Å². The van der Waals surface area contributed by atoms with Gasteiger partial charge in [-0.3, -0.25) is 9.69 Å². The molecule has 26 heavy (non-hydrogen) atoms. The molecule has 1 saturated heterocycles. The first kappa shape index (κ1) is 17.5. The second-order valence-corrected chi connectivity index (χ2v) is 8.04. The monoisotopic (exact) mass is 355 g/mol. The van der Waals surface area contributed by atoms with Gasteiger partial charge in [-0.1, -0.05) is 30.5 Å². The smallest absolute Gasteiger partial charge is 0.247 e. The van der Waals surface area contributed by atoms with Gasteiger partial charge in [-0.05, 0) is 56.7 Å². The van der Waals surface area contributed by atoms with Gasteiger partial charge in [0.1, 0.15) is 0 Å². The summed E-state index contributed by atoms with van der Waals surface area (Å²) in [6.07, 6.45) is 11.9. The minimum absolute atomic E-state index is 0.0248.